The predicted molar refractivity (Wildman–Crippen MR) is 120 cm³/mol. The Morgan fingerprint density at radius 2 is 1.80 bits per heavy atom. The van der Waals surface area contributed by atoms with E-state index < -0.39 is 0 Å². The van der Waals surface area contributed by atoms with Gasteiger partial charge in [0.05, 0.1) is 0 Å². The van der Waals surface area contributed by atoms with E-state index >= 15 is 0 Å². The quantitative estimate of drug-likeness (QED) is 0.700. The molecule has 0 radical (unpaired) electrons. The van der Waals surface area contributed by atoms with E-state index in [1.54, 1.807) is 0 Å². The van der Waals surface area contributed by atoms with Gasteiger partial charge in [0.2, 0.25) is 0 Å². The maximum Gasteiger partial charge on any atom is 0.317 e. The molecule has 5 rings (SSSR count). The summed E-state index contributed by atoms with van der Waals surface area (Å²) in [5, 5.41) is 5.32. The molecule has 0 saturated carbocycles. The highest BCUT2D eigenvalue weighted by Gasteiger charge is 2.36. The second-order valence-electron chi connectivity index (χ2n) is 8.96. The van der Waals surface area contributed by atoms with Crippen LogP contribution in [-0.2, 0) is 6.54 Å². The maximum absolute atomic E-state index is 13.4. The summed E-state index contributed by atoms with van der Waals surface area (Å²) in [6.07, 6.45) is 1.04. The molecule has 3 aromatic rings. The lowest BCUT2D eigenvalue weighted by Gasteiger charge is -2.43. The molecule has 1 fully saturated rings. The monoisotopic (exact) mass is 401 g/mol. The molecule has 3 heterocycles. The van der Waals surface area contributed by atoms with Crippen LogP contribution in [0.4, 0.5) is 4.79 Å². The van der Waals surface area contributed by atoms with Crippen molar-refractivity contribution in [3.05, 3.63) is 70.6 Å². The van der Waals surface area contributed by atoms with E-state index in [0.717, 1.165) is 28.6 Å². The van der Waals surface area contributed by atoms with E-state index in [0.29, 0.717) is 25.6 Å². The van der Waals surface area contributed by atoms with E-state index in [1.807, 2.05) is 47.6 Å². The molecule has 2 aromatic carbocycles. The van der Waals surface area contributed by atoms with Crippen molar-refractivity contribution in [2.24, 2.45) is 5.92 Å². The van der Waals surface area contributed by atoms with Gasteiger partial charge in [0.25, 0.3) is 5.56 Å². The van der Waals surface area contributed by atoms with Crippen molar-refractivity contribution in [3.63, 3.8) is 0 Å². The Labute approximate surface area is 176 Å². The fourth-order valence-electron chi connectivity index (χ4n) is 5.03. The van der Waals surface area contributed by atoms with Crippen LogP contribution in [0.25, 0.3) is 21.9 Å². The van der Waals surface area contributed by atoms with Crippen molar-refractivity contribution in [2.75, 3.05) is 13.1 Å². The molecule has 2 bridgehead atoms. The highest BCUT2D eigenvalue weighted by molar-refractivity contribution is 5.87. The summed E-state index contributed by atoms with van der Waals surface area (Å²) in [6, 6.07) is 18.6. The van der Waals surface area contributed by atoms with Gasteiger partial charge in [0.1, 0.15) is 0 Å². The Morgan fingerprint density at radius 3 is 2.60 bits per heavy atom. The molecule has 0 aliphatic carbocycles. The Hall–Kier alpha value is -3.08. The van der Waals surface area contributed by atoms with E-state index in [2.05, 4.69) is 35.6 Å². The number of carbonyl (C=O) groups is 1. The first kappa shape index (κ1) is 18.9. The summed E-state index contributed by atoms with van der Waals surface area (Å²) in [4.78, 5) is 27.8. The van der Waals surface area contributed by atoms with E-state index in [1.165, 1.54) is 5.39 Å². The van der Waals surface area contributed by atoms with Gasteiger partial charge in [-0.3, -0.25) is 4.79 Å². The molecule has 2 aliphatic rings. The molecule has 1 N–H and O–H groups in total. The topological polar surface area (TPSA) is 54.3 Å². The van der Waals surface area contributed by atoms with Gasteiger partial charge in [-0.1, -0.05) is 36.4 Å². The van der Waals surface area contributed by atoms with E-state index in [-0.39, 0.29) is 23.6 Å². The van der Waals surface area contributed by atoms with Crippen LogP contribution in [0.3, 0.4) is 0 Å². The molecule has 2 amide bonds. The Balaban J connectivity index is 1.49. The molecule has 2 unspecified atom stereocenters. The highest BCUT2D eigenvalue weighted by Crippen LogP contribution is 2.36. The van der Waals surface area contributed by atoms with Gasteiger partial charge in [-0.05, 0) is 60.7 Å². The number of nitrogens with one attached hydrogen (secondary N) is 1. The average Bonchev–Trinajstić information content (AvgIpc) is 2.73. The van der Waals surface area contributed by atoms with Crippen LogP contribution in [-0.4, -0.2) is 34.6 Å². The number of amides is 2. The number of hydrogen-bond acceptors (Lipinski definition) is 2. The van der Waals surface area contributed by atoms with Crippen LogP contribution in [0.1, 0.15) is 31.9 Å². The Morgan fingerprint density at radius 1 is 1.00 bits per heavy atom. The minimum absolute atomic E-state index is 0.00304. The molecule has 2 atom stereocenters. The van der Waals surface area contributed by atoms with Crippen molar-refractivity contribution in [2.45, 2.75) is 38.8 Å². The maximum atomic E-state index is 13.4. The minimum Gasteiger partial charge on any atom is -0.336 e. The SMILES string of the molecule is CC(C)NC(=O)N1CC2CC(C1)c1ccc(-c3ccc4ccccc4c3)c(=O)n1C2. The molecule has 154 valence electrons. The molecule has 1 aromatic heterocycles. The number of carbonyl (C=O) groups excluding carboxylic acids is 1. The van der Waals surface area contributed by atoms with Gasteiger partial charge in [-0.15, -0.1) is 0 Å². The third kappa shape index (κ3) is 3.28. The first-order valence-corrected chi connectivity index (χ1v) is 10.8. The molecule has 5 heteroatoms. The van der Waals surface area contributed by atoms with Gasteiger partial charge in [0, 0.05) is 42.9 Å². The number of aromatic nitrogens is 1. The predicted octanol–water partition coefficient (Wildman–Crippen LogP) is 4.21. The van der Waals surface area contributed by atoms with Crippen molar-refractivity contribution >= 4 is 16.8 Å². The van der Waals surface area contributed by atoms with Crippen LogP contribution < -0.4 is 10.9 Å². The van der Waals surface area contributed by atoms with Crippen LogP contribution in [0, 0.1) is 5.92 Å². The van der Waals surface area contributed by atoms with Crippen LogP contribution in [0.2, 0.25) is 0 Å². The van der Waals surface area contributed by atoms with E-state index in [9.17, 15) is 9.59 Å². The summed E-state index contributed by atoms with van der Waals surface area (Å²) in [5.41, 5.74) is 2.85. The largest absolute Gasteiger partial charge is 0.336 e. The lowest BCUT2D eigenvalue weighted by Crippen LogP contribution is -2.52. The minimum atomic E-state index is 0.00304. The Kier molecular flexibility index (Phi) is 4.61. The number of pyridine rings is 1. The summed E-state index contributed by atoms with van der Waals surface area (Å²) in [7, 11) is 0. The molecule has 2 aliphatic heterocycles. The number of piperidine rings is 1. The number of urea groups is 1. The first-order valence-electron chi connectivity index (χ1n) is 10.8. The van der Waals surface area contributed by atoms with Gasteiger partial charge in [-0.2, -0.15) is 0 Å². The molecular weight excluding hydrogens is 374 g/mol. The highest BCUT2D eigenvalue weighted by atomic mass is 16.2. The number of hydrogen-bond donors (Lipinski definition) is 1. The van der Waals surface area contributed by atoms with Gasteiger partial charge >= 0.3 is 6.03 Å². The first-order chi connectivity index (χ1) is 14.5. The molecule has 5 nitrogen and oxygen atoms in total. The second-order valence-corrected chi connectivity index (χ2v) is 8.96. The lowest BCUT2D eigenvalue weighted by molar-refractivity contribution is 0.130. The smallest absolute Gasteiger partial charge is 0.317 e. The lowest BCUT2D eigenvalue weighted by atomic mass is 9.83. The standard InChI is InChI=1S/C25H27N3O2/c1-16(2)26-25(30)27-13-17-11-21(15-27)23-10-9-22(24(29)28(23)14-17)20-8-7-18-5-3-4-6-19(18)12-20/h3-10,12,16-17,21H,11,13-15H2,1-2H3,(H,26,30). The third-order valence-corrected chi connectivity index (χ3v) is 6.36. The summed E-state index contributed by atoms with van der Waals surface area (Å²) in [6.45, 7) is 6.01. The second kappa shape index (κ2) is 7.31. The third-order valence-electron chi connectivity index (χ3n) is 6.36. The van der Waals surface area contributed by atoms with Gasteiger partial charge in [0.15, 0.2) is 0 Å². The number of benzene rings is 2. The average molecular weight is 402 g/mol. The van der Waals surface area contributed by atoms with E-state index in [4.69, 9.17) is 0 Å². The number of fused-ring (bicyclic) bond motifs is 5. The van der Waals surface area contributed by atoms with Crippen LogP contribution in [0.5, 0.6) is 0 Å². The number of nitrogens with zero attached hydrogens (tertiary/aromatic N) is 2. The zero-order chi connectivity index (χ0) is 20.8. The summed E-state index contributed by atoms with van der Waals surface area (Å²) in [5.74, 6) is 0.535. The zero-order valence-corrected chi connectivity index (χ0v) is 17.5. The summed E-state index contributed by atoms with van der Waals surface area (Å²) < 4.78 is 1.96. The normalized spacial score (nSPS) is 20.3. The zero-order valence-electron chi connectivity index (χ0n) is 17.5. The molecule has 30 heavy (non-hydrogen) atoms. The van der Waals surface area contributed by atoms with Gasteiger partial charge in [-0.25, -0.2) is 4.79 Å². The van der Waals surface area contributed by atoms with Crippen molar-refractivity contribution < 1.29 is 4.79 Å². The fraction of sp³-hybridized carbons (Fsp3) is 0.360. The summed E-state index contributed by atoms with van der Waals surface area (Å²) >= 11 is 0. The fourth-order valence-corrected chi connectivity index (χ4v) is 5.03. The number of rotatable bonds is 2. The number of likely N-dealkylation sites (tertiary alicyclic amines) is 1. The molecule has 1 saturated heterocycles. The molecular formula is C25H27N3O2. The Bertz CT molecular complexity index is 1180. The van der Waals surface area contributed by atoms with Crippen LogP contribution >= 0.6 is 0 Å². The van der Waals surface area contributed by atoms with Crippen LogP contribution in [0.15, 0.2) is 59.4 Å². The van der Waals surface area contributed by atoms with Crippen molar-refractivity contribution in [3.8, 4) is 11.1 Å². The van der Waals surface area contributed by atoms with Gasteiger partial charge < -0.3 is 14.8 Å². The van der Waals surface area contributed by atoms with Crippen molar-refractivity contribution in [1.82, 2.24) is 14.8 Å². The van der Waals surface area contributed by atoms with Crippen molar-refractivity contribution in [1.29, 1.82) is 0 Å². The molecule has 0 spiro atoms.